The highest BCUT2D eigenvalue weighted by molar-refractivity contribution is 6.00. The number of amides is 2. The molecule has 7 nitrogen and oxygen atoms in total. The SMILES string of the molecule is Nc1nnc2ccc(C3CCC(=O)NC3=O)cn12. The van der Waals surface area contributed by atoms with Gasteiger partial charge >= 0.3 is 0 Å². The van der Waals surface area contributed by atoms with Crippen molar-refractivity contribution in [2.45, 2.75) is 18.8 Å². The van der Waals surface area contributed by atoms with E-state index in [9.17, 15) is 9.59 Å². The molecule has 3 N–H and O–H groups in total. The molecule has 1 aliphatic rings. The third-order valence-corrected chi connectivity index (χ3v) is 3.09. The Balaban J connectivity index is 2.01. The first-order chi connectivity index (χ1) is 8.65. The van der Waals surface area contributed by atoms with Gasteiger partial charge in [-0.3, -0.25) is 19.3 Å². The van der Waals surface area contributed by atoms with Crippen molar-refractivity contribution >= 4 is 23.4 Å². The Bertz CT molecular complexity index is 648. The molecule has 0 spiro atoms. The Morgan fingerprint density at radius 3 is 2.94 bits per heavy atom. The number of nitrogens with one attached hydrogen (secondary N) is 1. The van der Waals surface area contributed by atoms with Gasteiger partial charge in [-0.25, -0.2) is 0 Å². The van der Waals surface area contributed by atoms with E-state index in [1.807, 2.05) is 6.07 Å². The summed E-state index contributed by atoms with van der Waals surface area (Å²) in [7, 11) is 0. The first kappa shape index (κ1) is 10.7. The standard InChI is InChI=1S/C11H11N5O2/c12-11-15-14-8-3-1-6(5-16(8)11)7-2-4-9(17)13-10(7)18/h1,3,5,7H,2,4H2,(H2,12,15)(H,13,17,18). The van der Waals surface area contributed by atoms with E-state index >= 15 is 0 Å². The lowest BCUT2D eigenvalue weighted by atomic mass is 9.92. The highest BCUT2D eigenvalue weighted by Crippen LogP contribution is 2.25. The molecular formula is C11H11N5O2. The Morgan fingerprint density at radius 1 is 1.33 bits per heavy atom. The lowest BCUT2D eigenvalue weighted by molar-refractivity contribution is -0.134. The predicted octanol–water partition coefficient (Wildman–Crippen LogP) is -0.168. The minimum atomic E-state index is -0.325. The van der Waals surface area contributed by atoms with E-state index in [1.165, 1.54) is 0 Å². The number of imide groups is 1. The first-order valence-electron chi connectivity index (χ1n) is 5.59. The minimum Gasteiger partial charge on any atom is -0.368 e. The number of carbonyl (C=O) groups excluding carboxylic acids is 2. The van der Waals surface area contributed by atoms with E-state index in [-0.39, 0.29) is 23.7 Å². The summed E-state index contributed by atoms with van der Waals surface area (Å²) in [6, 6.07) is 3.56. The van der Waals surface area contributed by atoms with Crippen molar-refractivity contribution in [1.82, 2.24) is 19.9 Å². The summed E-state index contributed by atoms with van der Waals surface area (Å²) in [5, 5.41) is 9.95. The van der Waals surface area contributed by atoms with E-state index < -0.39 is 0 Å². The topological polar surface area (TPSA) is 102 Å². The number of piperidine rings is 1. The van der Waals surface area contributed by atoms with Gasteiger partial charge in [-0.1, -0.05) is 6.07 Å². The highest BCUT2D eigenvalue weighted by atomic mass is 16.2. The number of nitrogens with two attached hydrogens (primary N) is 1. The number of fused-ring (bicyclic) bond motifs is 1. The minimum absolute atomic E-state index is 0.221. The van der Waals surface area contributed by atoms with Crippen LogP contribution >= 0.6 is 0 Å². The van der Waals surface area contributed by atoms with Crippen molar-refractivity contribution in [3.05, 3.63) is 23.9 Å². The van der Waals surface area contributed by atoms with Gasteiger partial charge in [0.05, 0.1) is 5.92 Å². The quantitative estimate of drug-likeness (QED) is 0.679. The number of hydrogen-bond donors (Lipinski definition) is 2. The van der Waals surface area contributed by atoms with Crippen LogP contribution in [-0.4, -0.2) is 26.4 Å². The molecule has 0 bridgehead atoms. The molecule has 1 atom stereocenters. The molecule has 0 radical (unpaired) electrons. The summed E-state index contributed by atoms with van der Waals surface area (Å²) >= 11 is 0. The molecule has 2 aromatic heterocycles. The summed E-state index contributed by atoms with van der Waals surface area (Å²) < 4.78 is 1.62. The van der Waals surface area contributed by atoms with Crippen molar-refractivity contribution in [1.29, 1.82) is 0 Å². The Labute approximate surface area is 102 Å². The molecule has 18 heavy (non-hydrogen) atoms. The average molecular weight is 245 g/mol. The second-order valence-electron chi connectivity index (χ2n) is 4.25. The van der Waals surface area contributed by atoms with Gasteiger partial charge in [0, 0.05) is 12.6 Å². The van der Waals surface area contributed by atoms with E-state index in [1.54, 1.807) is 16.7 Å². The van der Waals surface area contributed by atoms with E-state index in [2.05, 4.69) is 15.5 Å². The maximum atomic E-state index is 11.8. The molecular weight excluding hydrogens is 234 g/mol. The number of nitrogens with zero attached hydrogens (tertiary/aromatic N) is 3. The number of carbonyl (C=O) groups is 2. The van der Waals surface area contributed by atoms with Crippen LogP contribution in [0.3, 0.4) is 0 Å². The maximum Gasteiger partial charge on any atom is 0.234 e. The summed E-state index contributed by atoms with van der Waals surface area (Å²) in [6.07, 6.45) is 2.61. The smallest absolute Gasteiger partial charge is 0.234 e. The molecule has 2 amide bonds. The third kappa shape index (κ3) is 1.60. The fourth-order valence-electron chi connectivity index (χ4n) is 2.14. The van der Waals surface area contributed by atoms with Crippen molar-refractivity contribution in [2.75, 3.05) is 5.73 Å². The normalized spacial score (nSPS) is 20.1. The van der Waals surface area contributed by atoms with Crippen LogP contribution in [-0.2, 0) is 9.59 Å². The van der Waals surface area contributed by atoms with Crippen LogP contribution in [0.25, 0.3) is 5.65 Å². The van der Waals surface area contributed by atoms with Crippen LogP contribution in [0.1, 0.15) is 24.3 Å². The number of pyridine rings is 1. The van der Waals surface area contributed by atoms with Crippen molar-refractivity contribution in [3.63, 3.8) is 0 Å². The van der Waals surface area contributed by atoms with Crippen molar-refractivity contribution < 1.29 is 9.59 Å². The summed E-state index contributed by atoms with van der Waals surface area (Å²) in [6.45, 7) is 0. The van der Waals surface area contributed by atoms with Crippen molar-refractivity contribution in [3.8, 4) is 0 Å². The van der Waals surface area contributed by atoms with E-state index in [0.29, 0.717) is 18.5 Å². The molecule has 1 fully saturated rings. The fraction of sp³-hybridized carbons (Fsp3) is 0.273. The van der Waals surface area contributed by atoms with Gasteiger partial charge in [0.15, 0.2) is 5.65 Å². The average Bonchev–Trinajstić information content (AvgIpc) is 2.71. The summed E-state index contributed by atoms with van der Waals surface area (Å²) in [5.41, 5.74) is 7.10. The third-order valence-electron chi connectivity index (χ3n) is 3.09. The van der Waals surface area contributed by atoms with Gasteiger partial charge in [0.1, 0.15) is 0 Å². The number of nitrogen functional groups attached to an aromatic ring is 1. The molecule has 2 aromatic rings. The maximum absolute atomic E-state index is 11.8. The molecule has 1 unspecified atom stereocenters. The Hall–Kier alpha value is -2.44. The molecule has 3 heterocycles. The van der Waals surface area contributed by atoms with Gasteiger partial charge < -0.3 is 5.73 Å². The van der Waals surface area contributed by atoms with Crippen molar-refractivity contribution in [2.24, 2.45) is 0 Å². The van der Waals surface area contributed by atoms with Crippen LogP contribution in [0.15, 0.2) is 18.3 Å². The predicted molar refractivity (Wildman–Crippen MR) is 62.5 cm³/mol. The molecule has 0 aromatic carbocycles. The second kappa shape index (κ2) is 3.80. The van der Waals surface area contributed by atoms with Gasteiger partial charge in [0.25, 0.3) is 0 Å². The molecule has 92 valence electrons. The number of aromatic nitrogens is 3. The Morgan fingerprint density at radius 2 is 2.17 bits per heavy atom. The van der Waals surface area contributed by atoms with Crippen LogP contribution in [0.4, 0.5) is 5.95 Å². The zero-order chi connectivity index (χ0) is 12.7. The largest absolute Gasteiger partial charge is 0.368 e. The zero-order valence-electron chi connectivity index (χ0n) is 9.46. The highest BCUT2D eigenvalue weighted by Gasteiger charge is 2.28. The fourth-order valence-corrected chi connectivity index (χ4v) is 2.14. The molecule has 7 heteroatoms. The second-order valence-corrected chi connectivity index (χ2v) is 4.25. The first-order valence-corrected chi connectivity index (χ1v) is 5.59. The molecule has 0 saturated carbocycles. The van der Waals surface area contributed by atoms with Crippen LogP contribution in [0, 0.1) is 0 Å². The van der Waals surface area contributed by atoms with Gasteiger partial charge in [0.2, 0.25) is 17.8 Å². The molecule has 1 saturated heterocycles. The van der Waals surface area contributed by atoms with E-state index in [0.717, 1.165) is 5.56 Å². The Kier molecular flexibility index (Phi) is 2.26. The number of rotatable bonds is 1. The lowest BCUT2D eigenvalue weighted by Crippen LogP contribution is -2.39. The molecule has 1 aliphatic heterocycles. The zero-order valence-corrected chi connectivity index (χ0v) is 9.46. The van der Waals surface area contributed by atoms with Crippen LogP contribution in [0.2, 0.25) is 0 Å². The van der Waals surface area contributed by atoms with Crippen LogP contribution in [0.5, 0.6) is 0 Å². The lowest BCUT2D eigenvalue weighted by Gasteiger charge is -2.20. The summed E-state index contributed by atoms with van der Waals surface area (Å²) in [5.74, 6) is -0.536. The van der Waals surface area contributed by atoms with Gasteiger partial charge in [-0.2, -0.15) is 0 Å². The summed E-state index contributed by atoms with van der Waals surface area (Å²) in [4.78, 5) is 22.9. The molecule has 3 rings (SSSR count). The van der Waals surface area contributed by atoms with Gasteiger partial charge in [-0.15, -0.1) is 10.2 Å². The van der Waals surface area contributed by atoms with E-state index in [4.69, 9.17) is 5.73 Å². The monoisotopic (exact) mass is 245 g/mol. The molecule has 0 aliphatic carbocycles. The number of hydrogen-bond acceptors (Lipinski definition) is 5. The van der Waals surface area contributed by atoms with Gasteiger partial charge in [-0.05, 0) is 18.1 Å². The van der Waals surface area contributed by atoms with Crippen LogP contribution < -0.4 is 11.1 Å². The number of anilines is 1.